The molecule has 4 unspecified atom stereocenters. The van der Waals surface area contributed by atoms with Crippen molar-refractivity contribution < 1.29 is 33.8 Å². The van der Waals surface area contributed by atoms with E-state index in [-0.39, 0.29) is 25.3 Å². The Morgan fingerprint density at radius 1 is 1.06 bits per heavy atom. The third-order valence-electron chi connectivity index (χ3n) is 9.42. The summed E-state index contributed by atoms with van der Waals surface area (Å²) in [5.74, 6) is -1.83. The second-order valence-electron chi connectivity index (χ2n) is 14.2. The number of aromatic nitrogens is 5. The van der Waals surface area contributed by atoms with Gasteiger partial charge in [-0.3, -0.25) is 14.7 Å². The number of nitrogens with one attached hydrogen (secondary N) is 3. The molecule has 3 amide bonds. The number of allylic oxidation sites excluding steroid dienone is 1. The quantitative estimate of drug-likeness (QED) is 0.276. The fourth-order valence-corrected chi connectivity index (χ4v) is 6.70. The number of carbonyl (C=O) groups excluding carboxylic acids is 3. The Balaban J connectivity index is 1.35. The molecule has 4 heterocycles. The molecule has 0 radical (unpaired) electrons. The van der Waals surface area contributed by atoms with Gasteiger partial charge in [0.05, 0.1) is 19.3 Å². The van der Waals surface area contributed by atoms with Gasteiger partial charge in [0.1, 0.15) is 40.4 Å². The van der Waals surface area contributed by atoms with Gasteiger partial charge in [0.25, 0.3) is 0 Å². The van der Waals surface area contributed by atoms with E-state index in [0.717, 1.165) is 24.8 Å². The van der Waals surface area contributed by atoms with Gasteiger partial charge in [0, 0.05) is 36.2 Å². The molecule has 3 aliphatic rings. The van der Waals surface area contributed by atoms with E-state index >= 15 is 0 Å². The number of carboxylic acid groups (broad SMARTS) is 1. The van der Waals surface area contributed by atoms with Crippen molar-refractivity contribution in [2.24, 2.45) is 5.92 Å². The summed E-state index contributed by atoms with van der Waals surface area (Å²) in [6.07, 6.45) is 10.2. The zero-order valence-electron chi connectivity index (χ0n) is 28.7. The molecule has 266 valence electrons. The summed E-state index contributed by atoms with van der Waals surface area (Å²) in [6, 6.07) is 4.80. The number of ether oxygens (including phenoxy) is 2. The van der Waals surface area contributed by atoms with E-state index in [2.05, 4.69) is 20.8 Å². The highest BCUT2D eigenvalue weighted by Gasteiger charge is 2.61. The molecule has 1 saturated carbocycles. The van der Waals surface area contributed by atoms with Gasteiger partial charge >= 0.3 is 12.1 Å². The average molecular weight is 689 g/mol. The summed E-state index contributed by atoms with van der Waals surface area (Å²) in [6.45, 7) is 5.27. The lowest BCUT2D eigenvalue weighted by Gasteiger charge is -2.30. The Kier molecular flexibility index (Phi) is 9.67. The molecular formula is C35H44N8O7. The van der Waals surface area contributed by atoms with Crippen molar-refractivity contribution in [2.75, 3.05) is 13.7 Å². The van der Waals surface area contributed by atoms with E-state index in [1.54, 1.807) is 40.3 Å². The topological polar surface area (TPSA) is 194 Å². The molecule has 4 N–H and O–H groups in total. The predicted octanol–water partition coefficient (Wildman–Crippen LogP) is 3.86. The molecule has 6 rings (SSSR count). The Bertz CT molecular complexity index is 1750. The number of hydrogen-bond acceptors (Lipinski definition) is 9. The minimum Gasteiger partial charge on any atom is -0.497 e. The number of benzene rings is 1. The summed E-state index contributed by atoms with van der Waals surface area (Å²) < 4.78 is 10.8. The Hall–Kier alpha value is -5.21. The number of aliphatic carboxylic acids is 1. The summed E-state index contributed by atoms with van der Waals surface area (Å²) in [7, 11) is 1.59. The van der Waals surface area contributed by atoms with Crippen molar-refractivity contribution in [3.63, 3.8) is 0 Å². The van der Waals surface area contributed by atoms with Crippen LogP contribution in [0.25, 0.3) is 22.5 Å². The smallest absolute Gasteiger partial charge is 0.408 e. The van der Waals surface area contributed by atoms with E-state index in [9.17, 15) is 24.3 Å². The lowest BCUT2D eigenvalue weighted by Crippen LogP contribution is -2.56. The summed E-state index contributed by atoms with van der Waals surface area (Å²) in [5.41, 5.74) is 0.345. The van der Waals surface area contributed by atoms with Crippen LogP contribution in [-0.2, 0) is 19.1 Å². The molecule has 2 fully saturated rings. The van der Waals surface area contributed by atoms with E-state index in [1.807, 2.05) is 36.4 Å². The fourth-order valence-electron chi connectivity index (χ4n) is 6.70. The van der Waals surface area contributed by atoms with Crippen molar-refractivity contribution >= 4 is 23.9 Å². The number of carboxylic acids is 1. The zero-order chi connectivity index (χ0) is 35.6. The molecule has 3 aromatic rings. The van der Waals surface area contributed by atoms with Crippen LogP contribution < -0.4 is 15.4 Å². The van der Waals surface area contributed by atoms with Crippen LogP contribution in [0.3, 0.4) is 0 Å². The number of fused-ring (bicyclic) bond motifs is 2. The number of carbonyl (C=O) groups is 4. The van der Waals surface area contributed by atoms with E-state index in [0.29, 0.717) is 35.5 Å². The zero-order valence-corrected chi connectivity index (χ0v) is 28.7. The third kappa shape index (κ3) is 7.36. The van der Waals surface area contributed by atoms with Crippen LogP contribution in [0.5, 0.6) is 5.75 Å². The number of hydrogen-bond donors (Lipinski definition) is 4. The molecule has 0 spiro atoms. The first kappa shape index (κ1) is 34.6. The minimum absolute atomic E-state index is 0.0500. The van der Waals surface area contributed by atoms with Crippen LogP contribution in [0, 0.1) is 5.92 Å². The lowest BCUT2D eigenvalue weighted by atomic mass is 10.0. The van der Waals surface area contributed by atoms with Crippen molar-refractivity contribution in [1.82, 2.24) is 40.7 Å². The van der Waals surface area contributed by atoms with Gasteiger partial charge in [0.2, 0.25) is 11.8 Å². The summed E-state index contributed by atoms with van der Waals surface area (Å²) >= 11 is 0. The monoisotopic (exact) mass is 688 g/mol. The van der Waals surface area contributed by atoms with Crippen LogP contribution in [0.4, 0.5) is 4.79 Å². The maximum atomic E-state index is 14.4. The van der Waals surface area contributed by atoms with Crippen molar-refractivity contribution in [1.29, 1.82) is 0 Å². The first-order chi connectivity index (χ1) is 23.9. The van der Waals surface area contributed by atoms with Gasteiger partial charge in [-0.05, 0) is 70.7 Å². The number of alkyl carbamates (subject to hydrolysis) is 1. The number of nitrogens with zero attached hydrogens (tertiary/aromatic N) is 5. The highest BCUT2D eigenvalue weighted by Crippen LogP contribution is 2.45. The van der Waals surface area contributed by atoms with Crippen LogP contribution >= 0.6 is 0 Å². The molecule has 15 nitrogen and oxygen atoms in total. The van der Waals surface area contributed by atoms with E-state index in [1.165, 1.54) is 9.70 Å². The molecule has 1 saturated heterocycles. The van der Waals surface area contributed by atoms with Crippen molar-refractivity contribution in [2.45, 2.75) is 95.0 Å². The number of methoxy groups -OCH3 is 1. The molecule has 5 atom stereocenters. The van der Waals surface area contributed by atoms with Gasteiger partial charge in [-0.25, -0.2) is 9.59 Å². The molecule has 2 aromatic heterocycles. The third-order valence-corrected chi connectivity index (χ3v) is 9.42. The maximum absolute atomic E-state index is 14.4. The van der Waals surface area contributed by atoms with E-state index in [4.69, 9.17) is 19.7 Å². The van der Waals surface area contributed by atoms with Gasteiger partial charge in [0.15, 0.2) is 0 Å². The van der Waals surface area contributed by atoms with Crippen molar-refractivity contribution in [3.05, 3.63) is 48.8 Å². The van der Waals surface area contributed by atoms with Crippen LogP contribution in [-0.4, -0.2) is 96.0 Å². The maximum Gasteiger partial charge on any atom is 0.408 e. The molecule has 1 aliphatic carbocycles. The van der Waals surface area contributed by atoms with Gasteiger partial charge < -0.3 is 30.1 Å². The largest absolute Gasteiger partial charge is 0.497 e. The molecule has 0 bridgehead atoms. The standard InChI is InChI=1S/C35H44N8O7/c1-34(2,3)50-33(48)38-26-11-9-7-5-6-8-10-23-17-35(23,32(46)47)39-30(44)27-16-24(20-42(27)31(26)45)43-40-28(21-12-14-25(49-4)15-13-21)29(41-43)22-18-36-37-19-22/h8,10,12-15,18-19,23-24,26-27H,5-7,9,11,16-17,20H2,1-4H3,(H,36,37)(H,38,48)(H,39,44)(H,46,47)/b10-8-/t23?,24-,26?,27?,35?/m1/s1. The highest BCUT2D eigenvalue weighted by molar-refractivity contribution is 5.96. The Morgan fingerprint density at radius 3 is 2.46 bits per heavy atom. The number of amides is 3. The molecule has 1 aromatic carbocycles. The second kappa shape index (κ2) is 14.0. The lowest BCUT2D eigenvalue weighted by molar-refractivity contribution is -0.145. The normalized spacial score (nSPS) is 26.4. The molecule has 50 heavy (non-hydrogen) atoms. The first-order valence-corrected chi connectivity index (χ1v) is 17.0. The Labute approximate surface area is 289 Å². The summed E-state index contributed by atoms with van der Waals surface area (Å²) in [4.78, 5) is 56.8. The Morgan fingerprint density at radius 2 is 1.80 bits per heavy atom. The highest BCUT2D eigenvalue weighted by atomic mass is 16.6. The number of H-pyrrole nitrogens is 1. The first-order valence-electron chi connectivity index (χ1n) is 17.0. The molecule has 2 aliphatic heterocycles. The van der Waals surface area contributed by atoms with Crippen LogP contribution in [0.1, 0.15) is 71.8 Å². The number of aromatic amines is 1. The molecular weight excluding hydrogens is 644 g/mol. The molecule has 15 heteroatoms. The second-order valence-corrected chi connectivity index (χ2v) is 14.2. The summed E-state index contributed by atoms with van der Waals surface area (Å²) in [5, 5.41) is 32.3. The fraction of sp³-hybridized carbons (Fsp3) is 0.514. The van der Waals surface area contributed by atoms with Gasteiger partial charge in [-0.1, -0.05) is 25.0 Å². The van der Waals surface area contributed by atoms with E-state index < -0.39 is 53.1 Å². The van der Waals surface area contributed by atoms with Gasteiger partial charge in [-0.15, -0.1) is 0 Å². The van der Waals surface area contributed by atoms with Gasteiger partial charge in [-0.2, -0.15) is 20.1 Å². The average Bonchev–Trinajstić information content (AvgIpc) is 3.52. The minimum atomic E-state index is -1.45. The van der Waals surface area contributed by atoms with Crippen LogP contribution in [0.15, 0.2) is 48.8 Å². The van der Waals surface area contributed by atoms with Crippen molar-refractivity contribution in [3.8, 4) is 28.3 Å². The number of rotatable bonds is 6. The SMILES string of the molecule is COc1ccc(-c2nn([C@@H]3CC4C(=O)NC5(C(=O)O)CC5/C=C\CCCCCC(NC(=O)OC(C)(C)C)C(=O)N4C3)nc2-c2cn[nH]c2)cc1. The van der Waals surface area contributed by atoms with Crippen LogP contribution in [0.2, 0.25) is 0 Å². The predicted molar refractivity (Wildman–Crippen MR) is 181 cm³/mol.